The van der Waals surface area contributed by atoms with Crippen molar-refractivity contribution < 1.29 is 17.6 Å². The van der Waals surface area contributed by atoms with Crippen LogP contribution in [0.15, 0.2) is 24.3 Å². The van der Waals surface area contributed by atoms with E-state index in [4.69, 9.17) is 0 Å². The van der Waals surface area contributed by atoms with Gasteiger partial charge in [0.2, 0.25) is 0 Å². The molecular formula is C24H32F4. The molecule has 0 heterocycles. The predicted octanol–water partition coefficient (Wildman–Crippen LogP) is 7.88. The van der Waals surface area contributed by atoms with Crippen molar-refractivity contribution in [2.75, 3.05) is 6.67 Å². The molecule has 28 heavy (non-hydrogen) atoms. The molecule has 0 unspecified atom stereocenters. The van der Waals surface area contributed by atoms with Crippen LogP contribution in [0.25, 0.3) is 0 Å². The van der Waals surface area contributed by atoms with Crippen LogP contribution < -0.4 is 0 Å². The number of benzene rings is 1. The minimum absolute atomic E-state index is 0.145. The molecule has 0 nitrogen and oxygen atoms in total. The van der Waals surface area contributed by atoms with Crippen molar-refractivity contribution in [3.05, 3.63) is 47.3 Å². The molecule has 4 heteroatoms. The van der Waals surface area contributed by atoms with Gasteiger partial charge in [0.05, 0.1) is 6.67 Å². The third-order valence-corrected chi connectivity index (χ3v) is 6.95. The Kier molecular flexibility index (Phi) is 7.99. The zero-order valence-corrected chi connectivity index (χ0v) is 16.6. The minimum Gasteiger partial charge on any atom is -0.251 e. The third-order valence-electron chi connectivity index (χ3n) is 6.95. The maximum Gasteiger partial charge on any atom is 0.194 e. The van der Waals surface area contributed by atoms with Crippen LogP contribution in [0.3, 0.4) is 0 Å². The monoisotopic (exact) mass is 396 g/mol. The Hall–Kier alpha value is -1.32. The minimum atomic E-state index is -1.37. The van der Waals surface area contributed by atoms with Gasteiger partial charge in [-0.3, -0.25) is 4.39 Å². The maximum atomic E-state index is 13.5. The lowest BCUT2D eigenvalue weighted by Crippen LogP contribution is -2.25. The van der Waals surface area contributed by atoms with E-state index in [1.54, 1.807) is 0 Å². The Morgan fingerprint density at radius 3 is 1.93 bits per heavy atom. The van der Waals surface area contributed by atoms with Crippen LogP contribution in [0.1, 0.15) is 82.1 Å². The summed E-state index contributed by atoms with van der Waals surface area (Å²) < 4.78 is 52.3. The van der Waals surface area contributed by atoms with E-state index in [-0.39, 0.29) is 12.6 Å². The summed E-state index contributed by atoms with van der Waals surface area (Å²) in [5.74, 6) is -1.12. The van der Waals surface area contributed by atoms with Crippen molar-refractivity contribution in [1.29, 1.82) is 0 Å². The molecule has 0 bridgehead atoms. The van der Waals surface area contributed by atoms with Crippen molar-refractivity contribution in [2.45, 2.75) is 76.5 Å². The molecule has 0 saturated heterocycles. The van der Waals surface area contributed by atoms with E-state index >= 15 is 0 Å². The van der Waals surface area contributed by atoms with Gasteiger partial charge in [-0.25, -0.2) is 13.2 Å². The van der Waals surface area contributed by atoms with Gasteiger partial charge in [-0.1, -0.05) is 12.2 Å². The van der Waals surface area contributed by atoms with Gasteiger partial charge in [-0.05, 0) is 112 Å². The summed E-state index contributed by atoms with van der Waals surface area (Å²) in [7, 11) is 0. The average Bonchev–Trinajstić information content (AvgIpc) is 2.72. The molecule has 0 aromatic heterocycles. The first kappa shape index (κ1) is 21.4. The molecule has 0 atom stereocenters. The van der Waals surface area contributed by atoms with Crippen LogP contribution in [0.5, 0.6) is 0 Å². The molecule has 2 aliphatic carbocycles. The summed E-state index contributed by atoms with van der Waals surface area (Å²) in [6.07, 6.45) is 16.1. The number of unbranched alkanes of at least 4 members (excludes halogenated alkanes) is 1. The van der Waals surface area contributed by atoms with E-state index in [2.05, 4.69) is 12.2 Å². The lowest BCUT2D eigenvalue weighted by molar-refractivity contribution is 0.160. The molecule has 1 aromatic carbocycles. The number of hydrogen-bond acceptors (Lipinski definition) is 0. The molecule has 0 amide bonds. The SMILES string of the molecule is FCCCC=CC[C@H]1CC[C@H]([C@H]2CC[C@H](c3cc(F)c(F)c(F)c3)CC2)CC1. The van der Waals surface area contributed by atoms with Crippen molar-refractivity contribution in [3.8, 4) is 0 Å². The van der Waals surface area contributed by atoms with Gasteiger partial charge in [0, 0.05) is 0 Å². The van der Waals surface area contributed by atoms with Gasteiger partial charge in [0.25, 0.3) is 0 Å². The van der Waals surface area contributed by atoms with Crippen LogP contribution in [0.2, 0.25) is 0 Å². The highest BCUT2D eigenvalue weighted by molar-refractivity contribution is 5.23. The average molecular weight is 397 g/mol. The maximum absolute atomic E-state index is 13.5. The zero-order chi connectivity index (χ0) is 19.9. The Morgan fingerprint density at radius 1 is 0.786 bits per heavy atom. The molecule has 2 aliphatic rings. The molecule has 1 aromatic rings. The fraction of sp³-hybridized carbons (Fsp3) is 0.667. The summed E-state index contributed by atoms with van der Waals surface area (Å²) in [5.41, 5.74) is 0.609. The van der Waals surface area contributed by atoms with Gasteiger partial charge in [-0.15, -0.1) is 0 Å². The van der Waals surface area contributed by atoms with Crippen LogP contribution in [-0.4, -0.2) is 6.67 Å². The van der Waals surface area contributed by atoms with Gasteiger partial charge in [0.1, 0.15) is 0 Å². The second-order valence-electron chi connectivity index (χ2n) is 8.73. The van der Waals surface area contributed by atoms with Gasteiger partial charge in [0.15, 0.2) is 17.5 Å². The second kappa shape index (κ2) is 10.5. The first-order chi connectivity index (χ1) is 13.6. The molecule has 2 fully saturated rings. The number of hydrogen-bond donors (Lipinski definition) is 0. The summed E-state index contributed by atoms with van der Waals surface area (Å²) >= 11 is 0. The van der Waals surface area contributed by atoms with Crippen LogP contribution in [-0.2, 0) is 0 Å². The largest absolute Gasteiger partial charge is 0.251 e. The van der Waals surface area contributed by atoms with E-state index in [9.17, 15) is 17.6 Å². The molecule has 156 valence electrons. The first-order valence-corrected chi connectivity index (χ1v) is 10.9. The van der Waals surface area contributed by atoms with Gasteiger partial charge in [-0.2, -0.15) is 0 Å². The Balaban J connectivity index is 1.42. The first-order valence-electron chi connectivity index (χ1n) is 10.9. The van der Waals surface area contributed by atoms with E-state index in [1.807, 2.05) is 0 Å². The second-order valence-corrected chi connectivity index (χ2v) is 8.73. The predicted molar refractivity (Wildman–Crippen MR) is 105 cm³/mol. The number of allylic oxidation sites excluding steroid dienone is 2. The molecule has 0 spiro atoms. The fourth-order valence-corrected chi connectivity index (χ4v) is 5.23. The molecule has 0 radical (unpaired) electrons. The summed E-state index contributed by atoms with van der Waals surface area (Å²) in [4.78, 5) is 0. The van der Waals surface area contributed by atoms with Crippen molar-refractivity contribution >= 4 is 0 Å². The highest BCUT2D eigenvalue weighted by Crippen LogP contribution is 2.44. The van der Waals surface area contributed by atoms with Crippen molar-refractivity contribution in [1.82, 2.24) is 0 Å². The highest BCUT2D eigenvalue weighted by atomic mass is 19.2. The lowest BCUT2D eigenvalue weighted by Gasteiger charge is -2.38. The van der Waals surface area contributed by atoms with E-state index in [0.29, 0.717) is 17.9 Å². The zero-order valence-electron chi connectivity index (χ0n) is 16.6. The van der Waals surface area contributed by atoms with E-state index in [1.165, 1.54) is 37.8 Å². The smallest absolute Gasteiger partial charge is 0.194 e. The van der Waals surface area contributed by atoms with Crippen LogP contribution >= 0.6 is 0 Å². The quantitative estimate of drug-likeness (QED) is 0.190. The molecule has 0 aliphatic heterocycles. The molecule has 0 N–H and O–H groups in total. The Morgan fingerprint density at radius 2 is 1.36 bits per heavy atom. The summed E-state index contributed by atoms with van der Waals surface area (Å²) in [6.45, 7) is -0.233. The fourth-order valence-electron chi connectivity index (χ4n) is 5.23. The summed E-state index contributed by atoms with van der Waals surface area (Å²) in [5, 5.41) is 0. The number of alkyl halides is 1. The summed E-state index contributed by atoms with van der Waals surface area (Å²) in [6, 6.07) is 2.35. The molecule has 2 saturated carbocycles. The van der Waals surface area contributed by atoms with E-state index < -0.39 is 17.5 Å². The number of halogens is 4. The van der Waals surface area contributed by atoms with Crippen LogP contribution in [0.4, 0.5) is 17.6 Å². The highest BCUT2D eigenvalue weighted by Gasteiger charge is 2.31. The molecular weight excluding hydrogens is 364 g/mol. The lowest BCUT2D eigenvalue weighted by atomic mass is 9.68. The van der Waals surface area contributed by atoms with Gasteiger partial charge < -0.3 is 0 Å². The van der Waals surface area contributed by atoms with E-state index in [0.717, 1.165) is 50.4 Å². The topological polar surface area (TPSA) is 0 Å². The van der Waals surface area contributed by atoms with Crippen molar-refractivity contribution in [3.63, 3.8) is 0 Å². The van der Waals surface area contributed by atoms with Crippen LogP contribution in [0, 0.1) is 35.2 Å². The van der Waals surface area contributed by atoms with Crippen molar-refractivity contribution in [2.24, 2.45) is 17.8 Å². The normalized spacial score (nSPS) is 28.7. The molecule has 3 rings (SSSR count). The Labute approximate surface area is 166 Å². The number of rotatable bonds is 7. The standard InChI is InChI=1S/C24H32F4/c25-14-4-2-1-3-5-17-6-8-18(9-7-17)19-10-12-20(13-11-19)21-15-22(26)24(28)23(27)16-21/h1,3,15-20H,2,4-14H2/t17-,18-,19-,20-. The Bertz CT molecular complexity index is 615. The third kappa shape index (κ3) is 5.61. The van der Waals surface area contributed by atoms with Gasteiger partial charge >= 0.3 is 0 Å².